The van der Waals surface area contributed by atoms with Gasteiger partial charge in [0.05, 0.1) is 0 Å². The second kappa shape index (κ2) is 5.22. The Hall–Kier alpha value is -1.16. The summed E-state index contributed by atoms with van der Waals surface area (Å²) in [5.74, 6) is 1.28. The Morgan fingerprint density at radius 3 is 2.78 bits per heavy atom. The molecule has 1 heterocycles. The molecule has 1 fully saturated rings. The van der Waals surface area contributed by atoms with Gasteiger partial charge in [0, 0.05) is 34.8 Å². The Balaban J connectivity index is 2.24. The number of amidine groups is 1. The van der Waals surface area contributed by atoms with Crippen molar-refractivity contribution < 1.29 is 0 Å². The number of anilines is 1. The molecule has 1 aromatic carbocycles. The SMILES string of the molecule is CC1(C)CCN(c2ccccc2C(=N)N)CCS1. The zero-order valence-electron chi connectivity index (χ0n) is 11.1. The zero-order chi connectivity index (χ0) is 13.2. The molecule has 3 nitrogen and oxygen atoms in total. The predicted octanol–water partition coefficient (Wildman–Crippen LogP) is 2.69. The summed E-state index contributed by atoms with van der Waals surface area (Å²) in [6.07, 6.45) is 1.16. The number of thioether (sulfide) groups is 1. The Kier molecular flexibility index (Phi) is 3.85. The molecule has 0 amide bonds. The van der Waals surface area contributed by atoms with E-state index in [1.807, 2.05) is 30.0 Å². The quantitative estimate of drug-likeness (QED) is 0.637. The van der Waals surface area contributed by atoms with E-state index in [1.54, 1.807) is 0 Å². The molecule has 2 rings (SSSR count). The maximum atomic E-state index is 7.67. The highest BCUT2D eigenvalue weighted by Crippen LogP contribution is 2.33. The topological polar surface area (TPSA) is 53.1 Å². The van der Waals surface area contributed by atoms with Crippen LogP contribution in [0, 0.1) is 5.41 Å². The van der Waals surface area contributed by atoms with E-state index in [0.717, 1.165) is 36.5 Å². The van der Waals surface area contributed by atoms with Crippen LogP contribution in [0.1, 0.15) is 25.8 Å². The number of nitrogens with zero attached hydrogens (tertiary/aromatic N) is 1. The van der Waals surface area contributed by atoms with Gasteiger partial charge in [0.25, 0.3) is 0 Å². The molecule has 1 aromatic rings. The number of nitrogens with two attached hydrogens (primary N) is 1. The van der Waals surface area contributed by atoms with E-state index in [2.05, 4.69) is 24.8 Å². The van der Waals surface area contributed by atoms with E-state index in [1.165, 1.54) is 0 Å². The monoisotopic (exact) mass is 263 g/mol. The highest BCUT2D eigenvalue weighted by Gasteiger charge is 2.24. The third-order valence-electron chi connectivity index (χ3n) is 3.37. The zero-order valence-corrected chi connectivity index (χ0v) is 11.9. The average Bonchev–Trinajstić information content (AvgIpc) is 2.50. The Bertz CT molecular complexity index is 442. The molecule has 0 aliphatic carbocycles. The van der Waals surface area contributed by atoms with Crippen molar-refractivity contribution >= 4 is 23.3 Å². The molecule has 0 radical (unpaired) electrons. The summed E-state index contributed by atoms with van der Waals surface area (Å²) >= 11 is 2.03. The number of hydrogen-bond donors (Lipinski definition) is 2. The number of benzene rings is 1. The molecule has 0 saturated carbocycles. The predicted molar refractivity (Wildman–Crippen MR) is 80.8 cm³/mol. The first-order valence-corrected chi connectivity index (χ1v) is 7.30. The van der Waals surface area contributed by atoms with Gasteiger partial charge in [-0.3, -0.25) is 5.41 Å². The van der Waals surface area contributed by atoms with Crippen LogP contribution in [-0.4, -0.2) is 29.4 Å². The van der Waals surface area contributed by atoms with Gasteiger partial charge in [-0.2, -0.15) is 11.8 Å². The van der Waals surface area contributed by atoms with Crippen LogP contribution in [0.2, 0.25) is 0 Å². The highest BCUT2D eigenvalue weighted by molar-refractivity contribution is 8.00. The van der Waals surface area contributed by atoms with Gasteiger partial charge in [0.1, 0.15) is 5.84 Å². The van der Waals surface area contributed by atoms with Crippen LogP contribution in [0.5, 0.6) is 0 Å². The van der Waals surface area contributed by atoms with Gasteiger partial charge < -0.3 is 10.6 Å². The third kappa shape index (κ3) is 2.99. The minimum absolute atomic E-state index is 0.154. The summed E-state index contributed by atoms with van der Waals surface area (Å²) < 4.78 is 0.347. The van der Waals surface area contributed by atoms with E-state index >= 15 is 0 Å². The van der Waals surface area contributed by atoms with Crippen molar-refractivity contribution in [2.75, 3.05) is 23.7 Å². The fourth-order valence-corrected chi connectivity index (χ4v) is 3.34. The molecule has 4 heteroatoms. The maximum absolute atomic E-state index is 7.67. The van der Waals surface area contributed by atoms with Gasteiger partial charge in [0.15, 0.2) is 0 Å². The van der Waals surface area contributed by atoms with Crippen LogP contribution in [0.15, 0.2) is 24.3 Å². The van der Waals surface area contributed by atoms with Crippen molar-refractivity contribution in [2.24, 2.45) is 5.73 Å². The summed E-state index contributed by atoms with van der Waals surface area (Å²) in [6.45, 7) is 6.67. The van der Waals surface area contributed by atoms with Crippen LogP contribution >= 0.6 is 11.8 Å². The Morgan fingerprint density at radius 1 is 1.33 bits per heavy atom. The lowest BCUT2D eigenvalue weighted by Crippen LogP contribution is -2.29. The normalized spacial score (nSPS) is 19.3. The van der Waals surface area contributed by atoms with Crippen LogP contribution in [-0.2, 0) is 0 Å². The first-order valence-electron chi connectivity index (χ1n) is 6.32. The second-order valence-electron chi connectivity index (χ2n) is 5.28. The van der Waals surface area contributed by atoms with Crippen LogP contribution < -0.4 is 10.6 Å². The molecule has 18 heavy (non-hydrogen) atoms. The first-order chi connectivity index (χ1) is 8.49. The summed E-state index contributed by atoms with van der Waals surface area (Å²) in [5, 5.41) is 7.67. The molecule has 1 aliphatic heterocycles. The maximum Gasteiger partial charge on any atom is 0.124 e. The minimum Gasteiger partial charge on any atom is -0.384 e. The van der Waals surface area contributed by atoms with E-state index in [9.17, 15) is 0 Å². The van der Waals surface area contributed by atoms with Gasteiger partial charge in [-0.25, -0.2) is 0 Å². The largest absolute Gasteiger partial charge is 0.384 e. The lowest BCUT2D eigenvalue weighted by atomic mass is 10.1. The average molecular weight is 263 g/mol. The fourth-order valence-electron chi connectivity index (χ4n) is 2.24. The van der Waals surface area contributed by atoms with Crippen LogP contribution in [0.3, 0.4) is 0 Å². The molecular formula is C14H21N3S. The molecule has 0 unspecified atom stereocenters. The summed E-state index contributed by atoms with van der Waals surface area (Å²) in [4.78, 5) is 2.36. The van der Waals surface area contributed by atoms with E-state index in [0.29, 0.717) is 4.75 Å². The molecular weight excluding hydrogens is 242 g/mol. The molecule has 0 bridgehead atoms. The number of nitrogens with one attached hydrogen (secondary N) is 1. The first kappa shape index (κ1) is 13.3. The second-order valence-corrected chi connectivity index (χ2v) is 7.08. The Labute approximate surface area is 113 Å². The van der Waals surface area contributed by atoms with Gasteiger partial charge in [-0.15, -0.1) is 0 Å². The number of hydrogen-bond acceptors (Lipinski definition) is 3. The van der Waals surface area contributed by atoms with Gasteiger partial charge >= 0.3 is 0 Å². The van der Waals surface area contributed by atoms with E-state index in [-0.39, 0.29) is 5.84 Å². The van der Waals surface area contributed by atoms with E-state index < -0.39 is 0 Å². The molecule has 98 valence electrons. The van der Waals surface area contributed by atoms with Gasteiger partial charge in [0.2, 0.25) is 0 Å². The molecule has 0 spiro atoms. The van der Waals surface area contributed by atoms with Crippen LogP contribution in [0.4, 0.5) is 5.69 Å². The fraction of sp³-hybridized carbons (Fsp3) is 0.500. The highest BCUT2D eigenvalue weighted by atomic mass is 32.2. The van der Waals surface area contributed by atoms with Gasteiger partial charge in [-0.05, 0) is 18.6 Å². The summed E-state index contributed by atoms with van der Waals surface area (Å²) in [7, 11) is 0. The number of nitrogen functional groups attached to an aromatic ring is 1. The van der Waals surface area contributed by atoms with Crippen LogP contribution in [0.25, 0.3) is 0 Å². The van der Waals surface area contributed by atoms with Crippen molar-refractivity contribution in [3.05, 3.63) is 29.8 Å². The van der Waals surface area contributed by atoms with E-state index in [4.69, 9.17) is 11.1 Å². The molecule has 3 N–H and O–H groups in total. The standard InChI is InChI=1S/C14H21N3S/c1-14(2)7-8-17(9-10-18-14)12-6-4-3-5-11(12)13(15)16/h3-6H,7-10H2,1-2H3,(H3,15,16). The molecule has 0 atom stereocenters. The molecule has 0 aromatic heterocycles. The minimum atomic E-state index is 0.154. The smallest absolute Gasteiger partial charge is 0.124 e. The molecule has 1 aliphatic rings. The summed E-state index contributed by atoms with van der Waals surface area (Å²) in [5.41, 5.74) is 7.61. The molecule has 1 saturated heterocycles. The van der Waals surface area contributed by atoms with Crippen molar-refractivity contribution in [3.63, 3.8) is 0 Å². The van der Waals surface area contributed by atoms with Crippen molar-refractivity contribution in [1.29, 1.82) is 5.41 Å². The number of rotatable bonds is 2. The number of para-hydroxylation sites is 1. The lowest BCUT2D eigenvalue weighted by molar-refractivity contribution is 0.637. The Morgan fingerprint density at radius 2 is 2.06 bits per heavy atom. The van der Waals surface area contributed by atoms with Crippen molar-refractivity contribution in [1.82, 2.24) is 0 Å². The third-order valence-corrected chi connectivity index (χ3v) is 4.74. The van der Waals surface area contributed by atoms with Crippen molar-refractivity contribution in [2.45, 2.75) is 25.0 Å². The van der Waals surface area contributed by atoms with Crippen molar-refractivity contribution in [3.8, 4) is 0 Å². The summed E-state index contributed by atoms with van der Waals surface area (Å²) in [6, 6.07) is 7.96. The van der Waals surface area contributed by atoms with Gasteiger partial charge in [-0.1, -0.05) is 26.0 Å². The lowest BCUT2D eigenvalue weighted by Gasteiger charge is -2.26.